The molecule has 1 aromatic rings. The molecule has 0 saturated carbocycles. The molecule has 0 aliphatic carbocycles. The van der Waals surface area contributed by atoms with Crippen LogP contribution in [0.4, 0.5) is 0 Å². The Morgan fingerprint density at radius 3 is 2.60 bits per heavy atom. The molecule has 20 heavy (non-hydrogen) atoms. The van der Waals surface area contributed by atoms with Crippen LogP contribution in [-0.2, 0) is 19.6 Å². The number of thiophene rings is 1. The summed E-state index contributed by atoms with van der Waals surface area (Å²) in [5.74, 6) is -1.30. The van der Waals surface area contributed by atoms with E-state index in [9.17, 15) is 18.0 Å². The Morgan fingerprint density at radius 1 is 1.45 bits per heavy atom. The zero-order valence-electron chi connectivity index (χ0n) is 10.2. The van der Waals surface area contributed by atoms with E-state index in [0.717, 1.165) is 15.6 Å². The van der Waals surface area contributed by atoms with Gasteiger partial charge in [0.05, 0.1) is 10.9 Å². The molecule has 2 amide bonds. The van der Waals surface area contributed by atoms with E-state index < -0.39 is 34.4 Å². The predicted molar refractivity (Wildman–Crippen MR) is 75.5 cm³/mol. The fourth-order valence-electron chi connectivity index (χ4n) is 1.91. The van der Waals surface area contributed by atoms with Crippen LogP contribution in [0.1, 0.15) is 13.3 Å². The number of sulfonamides is 1. The van der Waals surface area contributed by atoms with Crippen LogP contribution in [0, 0.1) is 0 Å². The summed E-state index contributed by atoms with van der Waals surface area (Å²) in [5.41, 5.74) is 0. The Labute approximate surface area is 129 Å². The molecule has 10 heteroatoms. The van der Waals surface area contributed by atoms with Gasteiger partial charge in [0, 0.05) is 0 Å². The maximum absolute atomic E-state index is 12.5. The van der Waals surface area contributed by atoms with Crippen LogP contribution in [-0.4, -0.2) is 37.1 Å². The highest BCUT2D eigenvalue weighted by atomic mass is 35.5. The molecule has 1 fully saturated rings. The Kier molecular flexibility index (Phi) is 4.41. The molecule has 0 spiro atoms. The third kappa shape index (κ3) is 2.71. The summed E-state index contributed by atoms with van der Waals surface area (Å²) >= 11 is 12.5. The van der Waals surface area contributed by atoms with Gasteiger partial charge < -0.3 is 0 Å². The van der Waals surface area contributed by atoms with Crippen molar-refractivity contribution in [2.45, 2.75) is 24.3 Å². The van der Waals surface area contributed by atoms with Gasteiger partial charge in [0.25, 0.3) is 0 Å². The Morgan fingerprint density at radius 2 is 2.10 bits per heavy atom. The van der Waals surface area contributed by atoms with Gasteiger partial charge in [-0.25, -0.2) is 8.42 Å². The average Bonchev–Trinajstić information content (AvgIpc) is 2.68. The molecule has 1 aromatic heterocycles. The molecule has 0 radical (unpaired) electrons. The summed E-state index contributed by atoms with van der Waals surface area (Å²) in [7, 11) is -4.05. The van der Waals surface area contributed by atoms with Crippen molar-refractivity contribution >= 4 is 56.4 Å². The van der Waals surface area contributed by atoms with Gasteiger partial charge in [-0.3, -0.25) is 14.9 Å². The molecule has 1 aliphatic heterocycles. The molecule has 1 atom stereocenters. The van der Waals surface area contributed by atoms with E-state index in [-0.39, 0.29) is 20.0 Å². The van der Waals surface area contributed by atoms with Crippen molar-refractivity contribution in [3.8, 4) is 0 Å². The van der Waals surface area contributed by atoms with E-state index in [1.165, 1.54) is 6.07 Å². The van der Waals surface area contributed by atoms with Crippen LogP contribution in [0.3, 0.4) is 0 Å². The van der Waals surface area contributed by atoms with E-state index in [0.29, 0.717) is 0 Å². The SMILES string of the molecule is CCC1C(=O)NC(=O)CN1S(=O)(=O)c1cc(Cl)sc1Cl. The zero-order chi connectivity index (χ0) is 15.1. The van der Waals surface area contributed by atoms with Gasteiger partial charge >= 0.3 is 0 Å². The zero-order valence-corrected chi connectivity index (χ0v) is 13.4. The summed E-state index contributed by atoms with van der Waals surface area (Å²) in [5, 5.41) is 2.11. The minimum absolute atomic E-state index is 0.00304. The van der Waals surface area contributed by atoms with Crippen molar-refractivity contribution in [3.63, 3.8) is 0 Å². The van der Waals surface area contributed by atoms with E-state index in [1.807, 2.05) is 0 Å². The number of carbonyl (C=O) groups is 2. The number of imide groups is 1. The summed E-state index contributed by atoms with van der Waals surface area (Å²) in [6.07, 6.45) is 0.244. The van der Waals surface area contributed by atoms with Gasteiger partial charge in [0.2, 0.25) is 21.8 Å². The van der Waals surface area contributed by atoms with Crippen LogP contribution in [0.2, 0.25) is 8.67 Å². The number of rotatable bonds is 3. The summed E-state index contributed by atoms with van der Waals surface area (Å²) in [6.45, 7) is 1.24. The molecular formula is C10H10Cl2N2O4S2. The monoisotopic (exact) mass is 356 g/mol. The lowest BCUT2D eigenvalue weighted by Crippen LogP contribution is -2.59. The lowest BCUT2D eigenvalue weighted by Gasteiger charge is -2.32. The predicted octanol–water partition coefficient (Wildman–Crippen LogP) is 1.48. The first-order valence-corrected chi connectivity index (χ1v) is 8.59. The number of nitrogens with zero attached hydrogens (tertiary/aromatic N) is 1. The number of piperazine rings is 1. The molecule has 1 N–H and O–H groups in total. The highest BCUT2D eigenvalue weighted by Crippen LogP contribution is 2.36. The van der Waals surface area contributed by atoms with Crippen molar-refractivity contribution in [1.82, 2.24) is 9.62 Å². The molecule has 1 saturated heterocycles. The Hall–Kier alpha value is -0.670. The largest absolute Gasteiger partial charge is 0.294 e. The second kappa shape index (κ2) is 5.61. The number of nitrogens with one attached hydrogen (secondary N) is 1. The normalized spacial score (nSPS) is 21.1. The van der Waals surface area contributed by atoms with Crippen LogP contribution < -0.4 is 5.32 Å². The molecule has 1 aliphatic rings. The quantitative estimate of drug-likeness (QED) is 0.831. The fourth-order valence-corrected chi connectivity index (χ4v) is 5.64. The van der Waals surface area contributed by atoms with Crippen molar-refractivity contribution in [3.05, 3.63) is 14.7 Å². The van der Waals surface area contributed by atoms with Crippen LogP contribution in [0.15, 0.2) is 11.0 Å². The van der Waals surface area contributed by atoms with Gasteiger partial charge in [-0.1, -0.05) is 30.1 Å². The lowest BCUT2D eigenvalue weighted by molar-refractivity contribution is -0.137. The molecule has 0 aromatic carbocycles. The number of hydrogen-bond donors (Lipinski definition) is 1. The summed E-state index contributed by atoms with van der Waals surface area (Å²) in [6, 6.07) is 0.278. The highest BCUT2D eigenvalue weighted by Gasteiger charge is 2.41. The molecule has 2 rings (SSSR count). The maximum atomic E-state index is 12.5. The third-order valence-corrected chi connectivity index (χ3v) is 6.42. The van der Waals surface area contributed by atoms with Gasteiger partial charge in [0.15, 0.2) is 0 Å². The van der Waals surface area contributed by atoms with E-state index >= 15 is 0 Å². The minimum Gasteiger partial charge on any atom is -0.294 e. The Balaban J connectivity index is 2.49. The molecule has 6 nitrogen and oxygen atoms in total. The number of carbonyl (C=O) groups excluding carboxylic acids is 2. The van der Waals surface area contributed by atoms with Gasteiger partial charge in [-0.2, -0.15) is 4.31 Å². The smallest absolute Gasteiger partial charge is 0.246 e. The van der Waals surface area contributed by atoms with Crippen molar-refractivity contribution in [2.75, 3.05) is 6.54 Å². The standard InChI is InChI=1S/C10H10Cl2N2O4S2/c1-2-5-10(16)13-8(15)4-14(5)20(17,18)6-3-7(11)19-9(6)12/h3,5H,2,4H2,1H3,(H,13,15,16). The summed E-state index contributed by atoms with van der Waals surface area (Å²) < 4.78 is 26.2. The lowest BCUT2D eigenvalue weighted by atomic mass is 10.2. The maximum Gasteiger partial charge on any atom is 0.246 e. The van der Waals surface area contributed by atoms with Crippen molar-refractivity contribution < 1.29 is 18.0 Å². The number of halogens is 2. The molecule has 0 bridgehead atoms. The van der Waals surface area contributed by atoms with Crippen molar-refractivity contribution in [2.24, 2.45) is 0 Å². The average molecular weight is 357 g/mol. The van der Waals surface area contributed by atoms with E-state index in [4.69, 9.17) is 23.2 Å². The van der Waals surface area contributed by atoms with Gasteiger partial charge in [-0.15, -0.1) is 11.3 Å². The van der Waals surface area contributed by atoms with Crippen molar-refractivity contribution in [1.29, 1.82) is 0 Å². The highest BCUT2D eigenvalue weighted by molar-refractivity contribution is 7.89. The molecule has 1 unspecified atom stereocenters. The first-order valence-electron chi connectivity index (χ1n) is 5.57. The second-order valence-corrected chi connectivity index (χ2v) is 8.22. The van der Waals surface area contributed by atoms with Crippen LogP contribution >= 0.6 is 34.5 Å². The molecule has 2 heterocycles. The first-order chi connectivity index (χ1) is 9.27. The van der Waals surface area contributed by atoms with Crippen LogP contribution in [0.5, 0.6) is 0 Å². The number of amides is 2. The van der Waals surface area contributed by atoms with Gasteiger partial charge in [0.1, 0.15) is 15.3 Å². The Bertz CT molecular complexity index is 671. The summed E-state index contributed by atoms with van der Waals surface area (Å²) in [4.78, 5) is 23.0. The topological polar surface area (TPSA) is 83.6 Å². The third-order valence-electron chi connectivity index (χ3n) is 2.81. The minimum atomic E-state index is -4.05. The second-order valence-electron chi connectivity index (χ2n) is 4.08. The fraction of sp³-hybridized carbons (Fsp3) is 0.400. The number of hydrogen-bond acceptors (Lipinski definition) is 5. The van der Waals surface area contributed by atoms with E-state index in [2.05, 4.69) is 5.32 Å². The first kappa shape index (κ1) is 15.7. The van der Waals surface area contributed by atoms with E-state index in [1.54, 1.807) is 6.92 Å². The molecular weight excluding hydrogens is 347 g/mol. The molecule has 110 valence electrons. The van der Waals surface area contributed by atoms with Gasteiger partial charge in [-0.05, 0) is 12.5 Å². The van der Waals surface area contributed by atoms with Crippen LogP contribution in [0.25, 0.3) is 0 Å².